The Labute approximate surface area is 480 Å². The molecule has 10 heterocycles. The summed E-state index contributed by atoms with van der Waals surface area (Å²) in [6.45, 7) is 5.32. The second-order valence-corrected chi connectivity index (χ2v) is 23.2. The van der Waals surface area contributed by atoms with E-state index in [1.165, 1.54) is 0 Å². The molecule has 430 valence electrons. The largest absolute Gasteiger partial charge is 0.377 e. The fraction of sp³-hybridized carbons (Fsp3) is 0.450. The number of hydrogen-bond donors (Lipinski definition) is 5. The minimum absolute atomic E-state index is 0.240. The standard InChI is InChI=1S/C60H68N16O7/c1-72(2)51(35-3-9-39(10-4-35)62-59(78)63-40-11-5-36(6-12-40)52-66-55(73-43-19-20-44(73)28-80-27-43)70-56(67-52)74-45-21-22-46(74)30-81-29-45)54(77)61-38-15-17-42(18-16-38)65-60(79)64-41-13-7-37(8-14-41)53-68-57(75-47-23-24-48(75)32-82-31-47)71-58(69-53)76-49-25-26-50(76)34-83-33-49/h3-18,43-51H,19-34H2,1-2H3,(H,61,77)(H2,62,63,78)(H2,64,65,79). The van der Waals surface area contributed by atoms with Gasteiger partial charge in [0, 0.05) is 39.6 Å². The highest BCUT2D eigenvalue weighted by atomic mass is 16.5. The summed E-state index contributed by atoms with van der Waals surface area (Å²) in [5, 5.41) is 14.7. The summed E-state index contributed by atoms with van der Waals surface area (Å²) >= 11 is 0. The fourth-order valence-electron chi connectivity index (χ4n) is 13.5. The van der Waals surface area contributed by atoms with E-state index >= 15 is 0 Å². The Hall–Kier alpha value is -8.09. The van der Waals surface area contributed by atoms with E-state index in [0.29, 0.717) is 117 Å². The molecule has 8 aliphatic heterocycles. The average Bonchev–Trinajstić information content (AvgIpc) is 4.23. The van der Waals surface area contributed by atoms with Gasteiger partial charge in [0.2, 0.25) is 29.7 Å². The molecule has 14 rings (SSSR count). The van der Waals surface area contributed by atoms with Gasteiger partial charge in [0.15, 0.2) is 11.6 Å². The van der Waals surface area contributed by atoms with E-state index in [1.807, 2.05) is 79.7 Å². The molecule has 8 fully saturated rings. The summed E-state index contributed by atoms with van der Waals surface area (Å²) in [5.74, 6) is 3.66. The summed E-state index contributed by atoms with van der Waals surface area (Å²) in [6.07, 6.45) is 8.38. The van der Waals surface area contributed by atoms with Crippen molar-refractivity contribution in [2.75, 3.05) is 113 Å². The fourth-order valence-corrected chi connectivity index (χ4v) is 13.5. The molecule has 8 bridgehead atoms. The number of nitrogens with one attached hydrogen (secondary N) is 5. The van der Waals surface area contributed by atoms with Crippen LogP contribution in [0.2, 0.25) is 0 Å². The minimum atomic E-state index is -0.648. The SMILES string of the molecule is CN(C)C(C(=O)Nc1ccc(NC(=O)Nc2ccc(-c3nc(N4C5CCC4COC5)nc(N4C5CCC4COC5)n3)cc2)cc1)c1ccc(NC(=O)Nc2ccc(-c3nc(N4C5CCC4COC5)nc(N4C5CCC4COC5)n3)cc2)cc1. The van der Waals surface area contributed by atoms with Gasteiger partial charge in [-0.2, -0.15) is 29.9 Å². The highest BCUT2D eigenvalue weighted by Gasteiger charge is 2.45. The van der Waals surface area contributed by atoms with Gasteiger partial charge in [-0.25, -0.2) is 9.59 Å². The van der Waals surface area contributed by atoms with Crippen molar-refractivity contribution in [3.8, 4) is 22.8 Å². The topological polar surface area (TPSA) is 242 Å². The Balaban J connectivity index is 0.578. The van der Waals surface area contributed by atoms with E-state index in [0.717, 1.165) is 68.1 Å². The van der Waals surface area contributed by atoms with Gasteiger partial charge in [0.05, 0.1) is 101 Å². The lowest BCUT2D eigenvalue weighted by atomic mass is 10.0. The number of benzene rings is 4. The van der Waals surface area contributed by atoms with Crippen LogP contribution in [0.1, 0.15) is 63.0 Å². The van der Waals surface area contributed by atoms with E-state index in [4.69, 9.17) is 48.9 Å². The van der Waals surface area contributed by atoms with Gasteiger partial charge >= 0.3 is 12.1 Å². The van der Waals surface area contributed by atoms with Gasteiger partial charge in [-0.15, -0.1) is 0 Å². The first-order chi connectivity index (χ1) is 40.6. The number of anilines is 9. The predicted octanol–water partition coefficient (Wildman–Crippen LogP) is 7.39. The molecule has 8 saturated heterocycles. The van der Waals surface area contributed by atoms with Crippen molar-refractivity contribution in [3.63, 3.8) is 0 Å². The monoisotopic (exact) mass is 1120 g/mol. The second kappa shape index (κ2) is 22.6. The van der Waals surface area contributed by atoms with E-state index in [2.05, 4.69) is 46.2 Å². The first kappa shape index (κ1) is 53.0. The Morgan fingerprint density at radius 3 is 0.916 bits per heavy atom. The summed E-state index contributed by atoms with van der Waals surface area (Å²) in [5.41, 5.74) is 5.21. The van der Waals surface area contributed by atoms with Crippen molar-refractivity contribution in [2.24, 2.45) is 0 Å². The van der Waals surface area contributed by atoms with Gasteiger partial charge in [0.1, 0.15) is 6.04 Å². The molecule has 0 saturated carbocycles. The van der Waals surface area contributed by atoms with Crippen LogP contribution in [0.5, 0.6) is 0 Å². The average molecular weight is 1130 g/mol. The van der Waals surface area contributed by atoms with Crippen LogP contribution < -0.4 is 46.2 Å². The number of hydrogen-bond acceptors (Lipinski definition) is 18. The van der Waals surface area contributed by atoms with Crippen LogP contribution in [-0.2, 0) is 23.7 Å². The quantitative estimate of drug-likeness (QED) is 0.0714. The maximum atomic E-state index is 13.8. The summed E-state index contributed by atoms with van der Waals surface area (Å²) < 4.78 is 23.5. The Morgan fingerprint density at radius 1 is 0.386 bits per heavy atom. The molecule has 5 amide bonds. The molecule has 23 nitrogen and oxygen atoms in total. The lowest BCUT2D eigenvalue weighted by molar-refractivity contribution is -0.120. The van der Waals surface area contributed by atoms with Crippen LogP contribution in [0.4, 0.5) is 61.8 Å². The lowest BCUT2D eigenvalue weighted by Crippen LogP contribution is -2.48. The number of fused-ring (bicyclic) bond motifs is 8. The molecular formula is C60H68N16O7. The van der Waals surface area contributed by atoms with Gasteiger partial charge in [0.25, 0.3) is 0 Å². The zero-order valence-electron chi connectivity index (χ0n) is 46.5. The number of morpholine rings is 4. The van der Waals surface area contributed by atoms with Crippen molar-refractivity contribution < 1.29 is 33.3 Å². The first-order valence-corrected chi connectivity index (χ1v) is 29.1. The third-order valence-electron chi connectivity index (χ3n) is 17.6. The molecule has 0 spiro atoms. The maximum absolute atomic E-state index is 13.8. The number of carbonyl (C=O) groups is 3. The van der Waals surface area contributed by atoms with Crippen LogP contribution in [0.15, 0.2) is 97.1 Å². The number of ether oxygens (including phenoxy) is 4. The molecule has 9 atom stereocenters. The minimum Gasteiger partial charge on any atom is -0.377 e. The lowest BCUT2D eigenvalue weighted by Gasteiger charge is -2.37. The molecule has 6 aromatic rings. The number of likely N-dealkylation sites (N-methyl/N-ethyl adjacent to an activating group) is 1. The molecule has 23 heteroatoms. The third kappa shape index (κ3) is 10.8. The molecule has 2 aromatic heterocycles. The number of aromatic nitrogens is 6. The smallest absolute Gasteiger partial charge is 0.323 e. The summed E-state index contributed by atoms with van der Waals surface area (Å²) in [7, 11) is 3.66. The predicted molar refractivity (Wildman–Crippen MR) is 314 cm³/mol. The Morgan fingerprint density at radius 2 is 0.639 bits per heavy atom. The summed E-state index contributed by atoms with van der Waals surface area (Å²) in [6, 6.07) is 29.5. The maximum Gasteiger partial charge on any atom is 0.323 e. The molecule has 8 aliphatic rings. The van der Waals surface area contributed by atoms with Crippen molar-refractivity contribution >= 4 is 70.2 Å². The third-order valence-corrected chi connectivity index (χ3v) is 17.6. The van der Waals surface area contributed by atoms with Crippen LogP contribution >= 0.6 is 0 Å². The molecule has 0 radical (unpaired) electrons. The van der Waals surface area contributed by atoms with Gasteiger partial charge in [-0.3, -0.25) is 9.69 Å². The van der Waals surface area contributed by atoms with Gasteiger partial charge < -0.3 is 65.1 Å². The van der Waals surface area contributed by atoms with Gasteiger partial charge in [-0.05, 0) is 156 Å². The number of carbonyl (C=O) groups excluding carboxylic acids is 3. The molecular weight excluding hydrogens is 1060 g/mol. The van der Waals surface area contributed by atoms with Crippen molar-refractivity contribution in [2.45, 2.75) is 106 Å². The molecule has 9 unspecified atom stereocenters. The van der Waals surface area contributed by atoms with Crippen molar-refractivity contribution in [1.82, 2.24) is 34.8 Å². The zero-order valence-corrected chi connectivity index (χ0v) is 46.5. The highest BCUT2D eigenvalue weighted by Crippen LogP contribution is 2.40. The van der Waals surface area contributed by atoms with E-state index in [9.17, 15) is 14.4 Å². The Bertz CT molecular complexity index is 3200. The van der Waals surface area contributed by atoms with Gasteiger partial charge in [-0.1, -0.05) is 12.1 Å². The molecule has 83 heavy (non-hydrogen) atoms. The van der Waals surface area contributed by atoms with Crippen LogP contribution in [0, 0.1) is 0 Å². The number of amides is 5. The normalized spacial score (nSPS) is 25.3. The van der Waals surface area contributed by atoms with Crippen molar-refractivity contribution in [3.05, 3.63) is 103 Å². The Kier molecular flexibility index (Phi) is 14.4. The van der Waals surface area contributed by atoms with E-state index < -0.39 is 18.1 Å². The van der Waals surface area contributed by atoms with Crippen LogP contribution in [0.3, 0.4) is 0 Å². The zero-order chi connectivity index (χ0) is 56.1. The van der Waals surface area contributed by atoms with E-state index in [1.54, 1.807) is 36.4 Å². The van der Waals surface area contributed by atoms with Crippen LogP contribution in [0.25, 0.3) is 22.8 Å². The molecule has 4 aromatic carbocycles. The number of nitrogens with zero attached hydrogens (tertiary/aromatic N) is 11. The second-order valence-electron chi connectivity index (χ2n) is 23.2. The van der Waals surface area contributed by atoms with E-state index in [-0.39, 0.29) is 54.2 Å². The molecule has 0 aliphatic carbocycles. The number of rotatable bonds is 14. The van der Waals surface area contributed by atoms with Crippen molar-refractivity contribution in [1.29, 1.82) is 0 Å². The van der Waals surface area contributed by atoms with Crippen LogP contribution in [-0.4, -0.2) is 168 Å². The number of urea groups is 2. The first-order valence-electron chi connectivity index (χ1n) is 29.1. The highest BCUT2D eigenvalue weighted by molar-refractivity contribution is 6.01. The molecule has 5 N–H and O–H groups in total. The summed E-state index contributed by atoms with van der Waals surface area (Å²) in [4.78, 5) is 81.8.